The molecule has 0 aliphatic carbocycles. The minimum Gasteiger partial charge on any atom is -0.497 e. The molecule has 0 bridgehead atoms. The molecule has 0 atom stereocenters. The Bertz CT molecular complexity index is 1090. The molecule has 158 valence electrons. The molecular weight excluding hydrogens is 392 g/mol. The highest BCUT2D eigenvalue weighted by atomic mass is 16.5. The Kier molecular flexibility index (Phi) is 5.98. The Labute approximate surface area is 180 Å². The second-order valence-electron chi connectivity index (χ2n) is 7.52. The van der Waals surface area contributed by atoms with E-state index in [1.54, 1.807) is 19.2 Å². The predicted octanol–water partition coefficient (Wildman–Crippen LogP) is 3.58. The normalized spacial score (nSPS) is 12.9. The first kappa shape index (κ1) is 20.6. The van der Waals surface area contributed by atoms with Crippen molar-refractivity contribution in [1.29, 1.82) is 0 Å². The van der Waals surface area contributed by atoms with Crippen LogP contribution in [0.15, 0.2) is 60.7 Å². The predicted molar refractivity (Wildman–Crippen MR) is 118 cm³/mol. The fourth-order valence-corrected chi connectivity index (χ4v) is 3.91. The van der Waals surface area contributed by atoms with E-state index in [0.29, 0.717) is 29.5 Å². The van der Waals surface area contributed by atoms with Crippen LogP contribution in [0.5, 0.6) is 5.75 Å². The molecule has 0 saturated heterocycles. The average molecular weight is 416 g/mol. The smallest absolute Gasteiger partial charge is 0.261 e. The first-order chi connectivity index (χ1) is 15.1. The summed E-state index contributed by atoms with van der Waals surface area (Å²) in [6.07, 6.45) is 1.40. The number of methoxy groups -OCH3 is 1. The summed E-state index contributed by atoms with van der Waals surface area (Å²) in [4.78, 5) is 39.1. The van der Waals surface area contributed by atoms with Crippen molar-refractivity contribution in [3.8, 4) is 5.75 Å². The van der Waals surface area contributed by atoms with E-state index in [1.165, 1.54) is 4.90 Å². The van der Waals surface area contributed by atoms with E-state index in [1.807, 2.05) is 48.5 Å². The number of nitrogens with zero attached hydrogens (tertiary/aromatic N) is 1. The quantitative estimate of drug-likeness (QED) is 0.570. The number of benzene rings is 3. The fourth-order valence-electron chi connectivity index (χ4n) is 3.91. The molecule has 0 radical (unpaired) electrons. The topological polar surface area (TPSA) is 75.7 Å². The lowest BCUT2D eigenvalue weighted by Gasteiger charge is -2.27. The molecular formula is C25H24N2O4. The summed E-state index contributed by atoms with van der Waals surface area (Å²) in [5, 5.41) is 4.49. The third-order valence-electron chi connectivity index (χ3n) is 5.54. The van der Waals surface area contributed by atoms with Crippen molar-refractivity contribution in [1.82, 2.24) is 10.2 Å². The molecule has 0 fully saturated rings. The van der Waals surface area contributed by atoms with Gasteiger partial charge in [-0.05, 0) is 48.1 Å². The molecule has 0 aromatic heterocycles. The van der Waals surface area contributed by atoms with Gasteiger partial charge in [0.2, 0.25) is 5.91 Å². The van der Waals surface area contributed by atoms with Gasteiger partial charge in [-0.25, -0.2) is 0 Å². The van der Waals surface area contributed by atoms with Gasteiger partial charge in [-0.1, -0.05) is 36.4 Å². The molecule has 1 aliphatic heterocycles. The van der Waals surface area contributed by atoms with Crippen molar-refractivity contribution >= 4 is 28.5 Å². The molecule has 4 rings (SSSR count). The fraction of sp³-hybridized carbons (Fsp3) is 0.240. The van der Waals surface area contributed by atoms with Crippen LogP contribution in [0, 0.1) is 0 Å². The van der Waals surface area contributed by atoms with Gasteiger partial charge in [0, 0.05) is 36.0 Å². The minimum absolute atomic E-state index is 0.0899. The molecule has 1 heterocycles. The third-order valence-corrected chi connectivity index (χ3v) is 5.54. The Morgan fingerprint density at radius 3 is 2.19 bits per heavy atom. The van der Waals surface area contributed by atoms with Crippen molar-refractivity contribution in [2.24, 2.45) is 0 Å². The van der Waals surface area contributed by atoms with Crippen LogP contribution in [0.2, 0.25) is 0 Å². The number of nitrogens with one attached hydrogen (secondary N) is 1. The number of carbonyl (C=O) groups excluding carboxylic acids is 3. The highest BCUT2D eigenvalue weighted by Crippen LogP contribution is 2.30. The Balaban J connectivity index is 1.29. The van der Waals surface area contributed by atoms with Crippen LogP contribution in [0.25, 0.3) is 10.8 Å². The molecule has 3 aromatic rings. The second kappa shape index (κ2) is 9.00. The first-order valence-electron chi connectivity index (χ1n) is 10.4. The van der Waals surface area contributed by atoms with Gasteiger partial charge in [-0.15, -0.1) is 0 Å². The number of imide groups is 1. The molecule has 0 unspecified atom stereocenters. The zero-order valence-corrected chi connectivity index (χ0v) is 17.4. The van der Waals surface area contributed by atoms with Gasteiger partial charge in [0.1, 0.15) is 5.75 Å². The second-order valence-corrected chi connectivity index (χ2v) is 7.52. The summed E-state index contributed by atoms with van der Waals surface area (Å²) in [6.45, 7) is 0.746. The molecule has 0 spiro atoms. The molecule has 3 amide bonds. The zero-order chi connectivity index (χ0) is 21.8. The van der Waals surface area contributed by atoms with Crippen LogP contribution < -0.4 is 10.1 Å². The van der Waals surface area contributed by atoms with E-state index < -0.39 is 0 Å². The monoisotopic (exact) mass is 416 g/mol. The van der Waals surface area contributed by atoms with E-state index >= 15 is 0 Å². The Hall–Kier alpha value is -3.67. The maximum absolute atomic E-state index is 12.9. The number of ether oxygens (including phenoxy) is 1. The van der Waals surface area contributed by atoms with Crippen LogP contribution in [0.3, 0.4) is 0 Å². The van der Waals surface area contributed by atoms with Crippen LogP contribution in [-0.2, 0) is 11.2 Å². The van der Waals surface area contributed by atoms with Crippen molar-refractivity contribution in [2.45, 2.75) is 19.3 Å². The van der Waals surface area contributed by atoms with Gasteiger partial charge in [0.15, 0.2) is 0 Å². The minimum atomic E-state index is -0.297. The van der Waals surface area contributed by atoms with Crippen LogP contribution in [0.1, 0.15) is 39.1 Å². The van der Waals surface area contributed by atoms with E-state index in [9.17, 15) is 14.4 Å². The van der Waals surface area contributed by atoms with Crippen molar-refractivity contribution in [3.05, 3.63) is 77.4 Å². The van der Waals surface area contributed by atoms with E-state index in [0.717, 1.165) is 23.1 Å². The number of rotatable bonds is 8. The lowest BCUT2D eigenvalue weighted by molar-refractivity contribution is -0.121. The van der Waals surface area contributed by atoms with Crippen LogP contribution >= 0.6 is 0 Å². The van der Waals surface area contributed by atoms with E-state index in [4.69, 9.17) is 4.74 Å². The summed E-state index contributed by atoms with van der Waals surface area (Å²) in [7, 11) is 1.62. The number of hydrogen-bond donors (Lipinski definition) is 1. The highest BCUT2D eigenvalue weighted by Gasteiger charge is 2.32. The maximum Gasteiger partial charge on any atom is 0.261 e. The summed E-state index contributed by atoms with van der Waals surface area (Å²) < 4.78 is 5.14. The Morgan fingerprint density at radius 1 is 0.935 bits per heavy atom. The average Bonchev–Trinajstić information content (AvgIpc) is 2.80. The molecule has 3 aromatic carbocycles. The standard InChI is InChI=1S/C25H24N2O4/c1-31-19-12-10-17(11-13-19)14-15-26-22(28)9-4-16-27-24(29)20-7-2-5-18-6-3-8-21(23(18)20)25(27)30/h2-3,5-8,10-13H,4,9,14-16H2,1H3,(H,26,28). The number of hydrogen-bond acceptors (Lipinski definition) is 4. The molecule has 1 aliphatic rings. The van der Waals surface area contributed by atoms with Gasteiger partial charge in [0.05, 0.1) is 7.11 Å². The van der Waals surface area contributed by atoms with E-state index in [-0.39, 0.29) is 30.7 Å². The van der Waals surface area contributed by atoms with Gasteiger partial charge >= 0.3 is 0 Å². The summed E-state index contributed by atoms with van der Waals surface area (Å²) >= 11 is 0. The molecule has 6 heteroatoms. The van der Waals surface area contributed by atoms with Gasteiger partial charge in [-0.2, -0.15) is 0 Å². The van der Waals surface area contributed by atoms with Crippen molar-refractivity contribution in [2.75, 3.05) is 20.2 Å². The van der Waals surface area contributed by atoms with Crippen LogP contribution in [0.4, 0.5) is 0 Å². The lowest BCUT2D eigenvalue weighted by Crippen LogP contribution is -2.41. The van der Waals surface area contributed by atoms with Gasteiger partial charge in [0.25, 0.3) is 11.8 Å². The summed E-state index contributed by atoms with van der Waals surface area (Å²) in [5.74, 6) is 0.116. The largest absolute Gasteiger partial charge is 0.497 e. The molecule has 1 N–H and O–H groups in total. The van der Waals surface area contributed by atoms with Gasteiger partial charge < -0.3 is 10.1 Å². The lowest BCUT2D eigenvalue weighted by atomic mass is 9.94. The SMILES string of the molecule is COc1ccc(CCNC(=O)CCCN2C(=O)c3cccc4cccc(c34)C2=O)cc1. The maximum atomic E-state index is 12.9. The Morgan fingerprint density at radius 2 is 1.58 bits per heavy atom. The van der Waals surface area contributed by atoms with Gasteiger partial charge in [-0.3, -0.25) is 19.3 Å². The summed E-state index contributed by atoms with van der Waals surface area (Å²) in [5.41, 5.74) is 2.19. The molecule has 0 saturated carbocycles. The van der Waals surface area contributed by atoms with Crippen molar-refractivity contribution in [3.63, 3.8) is 0 Å². The number of amides is 3. The van der Waals surface area contributed by atoms with E-state index in [2.05, 4.69) is 5.32 Å². The zero-order valence-electron chi connectivity index (χ0n) is 17.4. The van der Waals surface area contributed by atoms with Crippen LogP contribution in [-0.4, -0.2) is 42.8 Å². The summed E-state index contributed by atoms with van der Waals surface area (Å²) in [6, 6.07) is 18.7. The third kappa shape index (κ3) is 4.28. The molecule has 31 heavy (non-hydrogen) atoms. The van der Waals surface area contributed by atoms with Crippen molar-refractivity contribution < 1.29 is 19.1 Å². The molecule has 6 nitrogen and oxygen atoms in total. The number of carbonyl (C=O) groups is 3. The first-order valence-corrected chi connectivity index (χ1v) is 10.4. The highest BCUT2D eigenvalue weighted by molar-refractivity contribution is 6.25.